The van der Waals surface area contributed by atoms with Crippen molar-refractivity contribution in [2.24, 2.45) is 0 Å². The molecule has 0 N–H and O–H groups in total. The molecule has 3 aromatic rings. The molecule has 0 spiro atoms. The van der Waals surface area contributed by atoms with Crippen LogP contribution in [0.1, 0.15) is 35.7 Å². The molecule has 0 saturated carbocycles. The van der Waals surface area contributed by atoms with E-state index in [1.807, 2.05) is 18.2 Å². The van der Waals surface area contributed by atoms with Gasteiger partial charge >= 0.3 is 0 Å². The molecule has 0 amide bonds. The molecular weight excluding hydrogens is 350 g/mol. The first-order chi connectivity index (χ1) is 13.8. The van der Waals surface area contributed by atoms with Crippen molar-refractivity contribution in [3.63, 3.8) is 0 Å². The third-order valence-corrected chi connectivity index (χ3v) is 6.15. The molecule has 5 rings (SSSR count). The Kier molecular flexibility index (Phi) is 4.32. The van der Waals surface area contributed by atoms with Gasteiger partial charge in [0.05, 0.1) is 31.8 Å². The third kappa shape index (κ3) is 2.87. The van der Waals surface area contributed by atoms with Crippen LogP contribution in [0.2, 0.25) is 0 Å². The summed E-state index contributed by atoms with van der Waals surface area (Å²) >= 11 is 0. The molecule has 5 heteroatoms. The van der Waals surface area contributed by atoms with E-state index < -0.39 is 0 Å². The zero-order chi connectivity index (χ0) is 19.1. The van der Waals surface area contributed by atoms with Crippen molar-refractivity contribution >= 4 is 0 Å². The molecule has 0 unspecified atom stereocenters. The summed E-state index contributed by atoms with van der Waals surface area (Å²) in [6.07, 6.45) is 5.56. The van der Waals surface area contributed by atoms with Gasteiger partial charge < -0.3 is 9.47 Å². The van der Waals surface area contributed by atoms with E-state index in [1.165, 1.54) is 29.7 Å². The maximum atomic E-state index is 5.40. The van der Waals surface area contributed by atoms with Crippen LogP contribution in [-0.4, -0.2) is 34.9 Å². The minimum absolute atomic E-state index is 0.451. The summed E-state index contributed by atoms with van der Waals surface area (Å²) in [6, 6.07) is 17.6. The van der Waals surface area contributed by atoms with Crippen LogP contribution < -0.4 is 9.47 Å². The Labute approximate surface area is 165 Å². The quantitative estimate of drug-likeness (QED) is 0.672. The summed E-state index contributed by atoms with van der Waals surface area (Å²) < 4.78 is 12.8. The van der Waals surface area contributed by atoms with Crippen molar-refractivity contribution in [1.29, 1.82) is 0 Å². The number of rotatable bonds is 5. The van der Waals surface area contributed by atoms with Crippen LogP contribution in [0.5, 0.6) is 11.5 Å². The average Bonchev–Trinajstić information content (AvgIpc) is 3.28. The SMILES string of the molecule is COc1ccc(-n2ncc3c2C[C@H]2CC[C@@H]3N2Cc2cccc(OC)c2)cc1. The minimum Gasteiger partial charge on any atom is -0.497 e. The van der Waals surface area contributed by atoms with Crippen molar-refractivity contribution in [1.82, 2.24) is 14.7 Å². The highest BCUT2D eigenvalue weighted by molar-refractivity contribution is 5.41. The minimum atomic E-state index is 0.451. The summed E-state index contributed by atoms with van der Waals surface area (Å²) in [6.45, 7) is 0.958. The first kappa shape index (κ1) is 17.3. The van der Waals surface area contributed by atoms with Gasteiger partial charge in [0.25, 0.3) is 0 Å². The van der Waals surface area contributed by atoms with Gasteiger partial charge in [-0.25, -0.2) is 4.68 Å². The maximum Gasteiger partial charge on any atom is 0.119 e. The third-order valence-electron chi connectivity index (χ3n) is 6.15. The number of benzene rings is 2. The van der Waals surface area contributed by atoms with E-state index in [1.54, 1.807) is 14.2 Å². The molecule has 2 aromatic carbocycles. The second-order valence-electron chi connectivity index (χ2n) is 7.63. The highest BCUT2D eigenvalue weighted by Crippen LogP contribution is 2.45. The monoisotopic (exact) mass is 375 g/mol. The molecular formula is C23H25N3O2. The van der Waals surface area contributed by atoms with Gasteiger partial charge in [-0.3, -0.25) is 4.90 Å². The molecule has 5 nitrogen and oxygen atoms in total. The van der Waals surface area contributed by atoms with Crippen molar-refractivity contribution in [2.45, 2.75) is 37.9 Å². The molecule has 28 heavy (non-hydrogen) atoms. The summed E-state index contributed by atoms with van der Waals surface area (Å²) in [4.78, 5) is 2.65. The molecule has 2 bridgehead atoms. The van der Waals surface area contributed by atoms with Gasteiger partial charge in [-0.2, -0.15) is 5.10 Å². The van der Waals surface area contributed by atoms with Crippen LogP contribution >= 0.6 is 0 Å². The summed E-state index contributed by atoms with van der Waals surface area (Å²) in [7, 11) is 3.42. The van der Waals surface area contributed by atoms with Gasteiger partial charge in [-0.15, -0.1) is 0 Å². The average molecular weight is 375 g/mol. The highest BCUT2D eigenvalue weighted by Gasteiger charge is 2.41. The maximum absolute atomic E-state index is 5.40. The van der Waals surface area contributed by atoms with Gasteiger partial charge in [0.15, 0.2) is 0 Å². The van der Waals surface area contributed by atoms with E-state index in [0.29, 0.717) is 12.1 Å². The number of nitrogens with zero attached hydrogens (tertiary/aromatic N) is 3. The molecule has 144 valence electrons. The Balaban J connectivity index is 1.43. The van der Waals surface area contributed by atoms with E-state index in [0.717, 1.165) is 30.2 Å². The van der Waals surface area contributed by atoms with Crippen molar-refractivity contribution < 1.29 is 9.47 Å². The Morgan fingerprint density at radius 1 is 1.00 bits per heavy atom. The molecule has 2 aliphatic heterocycles. The Morgan fingerprint density at radius 3 is 2.61 bits per heavy atom. The normalized spacial score (nSPS) is 20.8. The lowest BCUT2D eigenvalue weighted by Crippen LogP contribution is -2.37. The predicted octanol–water partition coefficient (Wildman–Crippen LogP) is 4.15. The van der Waals surface area contributed by atoms with Gasteiger partial charge in [-0.1, -0.05) is 12.1 Å². The number of ether oxygens (including phenoxy) is 2. The van der Waals surface area contributed by atoms with Crippen molar-refractivity contribution in [2.75, 3.05) is 14.2 Å². The Morgan fingerprint density at radius 2 is 1.82 bits per heavy atom. The molecule has 2 atom stereocenters. The van der Waals surface area contributed by atoms with E-state index in [9.17, 15) is 0 Å². The molecule has 1 fully saturated rings. The second-order valence-corrected chi connectivity index (χ2v) is 7.63. The first-order valence-electron chi connectivity index (χ1n) is 9.86. The first-order valence-corrected chi connectivity index (χ1v) is 9.86. The standard InChI is InChI=1S/C23H25N3O2/c1-27-19-9-6-17(7-10-19)26-23-13-18-8-11-22(21(23)14-24-26)25(18)15-16-4-3-5-20(12-16)28-2/h3-7,9-10,12,14,18,22H,8,11,13,15H2,1-2H3/t18-,22+/m1/s1. The van der Waals surface area contributed by atoms with E-state index >= 15 is 0 Å². The molecule has 0 aliphatic carbocycles. The number of aromatic nitrogens is 2. The molecule has 1 aromatic heterocycles. The molecule has 3 heterocycles. The largest absolute Gasteiger partial charge is 0.497 e. The summed E-state index contributed by atoms with van der Waals surface area (Å²) in [5, 5.41) is 4.74. The fraction of sp³-hybridized carbons (Fsp3) is 0.348. The second kappa shape index (κ2) is 6.99. The van der Waals surface area contributed by atoms with Crippen LogP contribution in [0.4, 0.5) is 0 Å². The Hall–Kier alpha value is -2.79. The van der Waals surface area contributed by atoms with Crippen LogP contribution in [0, 0.1) is 0 Å². The zero-order valence-corrected chi connectivity index (χ0v) is 16.3. The zero-order valence-electron chi connectivity index (χ0n) is 16.3. The highest BCUT2D eigenvalue weighted by atomic mass is 16.5. The van der Waals surface area contributed by atoms with E-state index in [-0.39, 0.29) is 0 Å². The topological polar surface area (TPSA) is 39.5 Å². The lowest BCUT2D eigenvalue weighted by Gasteiger charge is -2.35. The van der Waals surface area contributed by atoms with E-state index in [4.69, 9.17) is 14.6 Å². The summed E-state index contributed by atoms with van der Waals surface area (Å²) in [5.74, 6) is 1.80. The van der Waals surface area contributed by atoms with Gasteiger partial charge in [-0.05, 0) is 54.8 Å². The van der Waals surface area contributed by atoms with Gasteiger partial charge in [0.2, 0.25) is 0 Å². The number of hydrogen-bond donors (Lipinski definition) is 0. The lowest BCUT2D eigenvalue weighted by molar-refractivity contribution is 0.167. The van der Waals surface area contributed by atoms with Crippen LogP contribution in [0.3, 0.4) is 0 Å². The Bertz CT molecular complexity index is 980. The van der Waals surface area contributed by atoms with Gasteiger partial charge in [0, 0.05) is 30.6 Å². The van der Waals surface area contributed by atoms with E-state index in [2.05, 4.69) is 46.1 Å². The number of methoxy groups -OCH3 is 2. The van der Waals surface area contributed by atoms with Crippen molar-refractivity contribution in [3.05, 3.63) is 71.5 Å². The fourth-order valence-electron chi connectivity index (χ4n) is 4.75. The molecule has 2 aliphatic rings. The van der Waals surface area contributed by atoms with Crippen LogP contribution in [0.25, 0.3) is 5.69 Å². The van der Waals surface area contributed by atoms with Gasteiger partial charge in [0.1, 0.15) is 11.5 Å². The number of fused-ring (bicyclic) bond motifs is 4. The lowest BCUT2D eigenvalue weighted by atomic mass is 9.99. The molecule has 0 radical (unpaired) electrons. The van der Waals surface area contributed by atoms with Crippen LogP contribution in [0.15, 0.2) is 54.7 Å². The number of hydrogen-bond acceptors (Lipinski definition) is 4. The van der Waals surface area contributed by atoms with Crippen LogP contribution in [-0.2, 0) is 13.0 Å². The molecule has 1 saturated heterocycles. The smallest absolute Gasteiger partial charge is 0.119 e. The predicted molar refractivity (Wildman–Crippen MR) is 108 cm³/mol. The fourth-order valence-corrected chi connectivity index (χ4v) is 4.75. The van der Waals surface area contributed by atoms with Crippen molar-refractivity contribution in [3.8, 4) is 17.2 Å². The summed E-state index contributed by atoms with van der Waals surface area (Å²) in [5.41, 5.74) is 5.15.